The van der Waals surface area contributed by atoms with Crippen LogP contribution in [0.25, 0.3) is 0 Å². The maximum Gasteiger partial charge on any atom is 0.376 e. The molecule has 0 fully saturated rings. The molecule has 5 nitrogen and oxygen atoms in total. The zero-order chi connectivity index (χ0) is 13.7. The summed E-state index contributed by atoms with van der Waals surface area (Å²) < 4.78 is 9.34. The molecule has 0 aliphatic heterocycles. The van der Waals surface area contributed by atoms with Gasteiger partial charge in [0.25, 0.3) is 5.78 Å². The van der Waals surface area contributed by atoms with Crippen LogP contribution >= 0.6 is 11.6 Å². The molecule has 6 heteroatoms. The molecule has 0 saturated carbocycles. The third-order valence-electron chi connectivity index (χ3n) is 2.28. The van der Waals surface area contributed by atoms with E-state index in [9.17, 15) is 9.59 Å². The van der Waals surface area contributed by atoms with Crippen LogP contribution < -0.4 is 4.74 Å². The quantitative estimate of drug-likeness (QED) is 0.613. The average Bonchev–Trinajstić information content (AvgIpc) is 2.38. The van der Waals surface area contributed by atoms with Crippen molar-refractivity contribution in [1.29, 1.82) is 5.26 Å². The third-order valence-corrected chi connectivity index (χ3v) is 2.52. The van der Waals surface area contributed by atoms with Gasteiger partial charge in [-0.15, -0.1) is 0 Å². The van der Waals surface area contributed by atoms with E-state index in [4.69, 9.17) is 21.6 Å². The Morgan fingerprint density at radius 1 is 1.39 bits per heavy atom. The zero-order valence-corrected chi connectivity index (χ0v) is 10.5. The van der Waals surface area contributed by atoms with Gasteiger partial charge in [0.15, 0.2) is 0 Å². The molecule has 1 aromatic carbocycles. The second-order valence-corrected chi connectivity index (χ2v) is 3.74. The van der Waals surface area contributed by atoms with Crippen molar-refractivity contribution in [3.05, 3.63) is 28.8 Å². The number of methoxy groups -OCH3 is 2. The molecular weight excluding hydrogens is 258 g/mol. The van der Waals surface area contributed by atoms with Gasteiger partial charge in [0.2, 0.25) is 0 Å². The van der Waals surface area contributed by atoms with Gasteiger partial charge in [0.1, 0.15) is 11.7 Å². The first-order valence-corrected chi connectivity index (χ1v) is 5.28. The predicted molar refractivity (Wildman–Crippen MR) is 63.4 cm³/mol. The molecule has 0 saturated heterocycles. The molecule has 94 valence electrons. The molecule has 0 aromatic heterocycles. The summed E-state index contributed by atoms with van der Waals surface area (Å²) >= 11 is 5.80. The lowest BCUT2D eigenvalue weighted by atomic mass is 9.95. The maximum absolute atomic E-state index is 11.7. The molecule has 18 heavy (non-hydrogen) atoms. The number of ketones is 1. The topological polar surface area (TPSA) is 76.4 Å². The van der Waals surface area contributed by atoms with E-state index in [0.29, 0.717) is 10.8 Å². The van der Waals surface area contributed by atoms with Gasteiger partial charge in [0.05, 0.1) is 20.3 Å². The number of esters is 1. The molecule has 0 amide bonds. The number of hydrogen-bond acceptors (Lipinski definition) is 5. The fraction of sp³-hybridized carbons (Fsp3) is 0.250. The number of ether oxygens (including phenoxy) is 2. The van der Waals surface area contributed by atoms with E-state index in [2.05, 4.69) is 4.74 Å². The molecule has 1 aromatic rings. The van der Waals surface area contributed by atoms with Crippen LogP contribution in [0.5, 0.6) is 5.75 Å². The minimum Gasteiger partial charge on any atom is -0.496 e. The van der Waals surface area contributed by atoms with Gasteiger partial charge in [-0.1, -0.05) is 11.6 Å². The highest BCUT2D eigenvalue weighted by Crippen LogP contribution is 2.30. The molecule has 0 bridgehead atoms. The molecule has 0 N–H and O–H groups in total. The molecule has 0 spiro atoms. The van der Waals surface area contributed by atoms with Crippen molar-refractivity contribution in [2.24, 2.45) is 0 Å². The highest BCUT2D eigenvalue weighted by molar-refractivity contribution is 6.36. The Bertz CT molecular complexity index is 521. The molecule has 1 rings (SSSR count). The second-order valence-electron chi connectivity index (χ2n) is 3.30. The van der Waals surface area contributed by atoms with E-state index < -0.39 is 17.7 Å². The van der Waals surface area contributed by atoms with Gasteiger partial charge in [-0.3, -0.25) is 4.79 Å². The lowest BCUT2D eigenvalue weighted by molar-refractivity contribution is -0.151. The van der Waals surface area contributed by atoms with E-state index in [1.807, 2.05) is 0 Å². The van der Waals surface area contributed by atoms with Crippen molar-refractivity contribution in [3.8, 4) is 11.8 Å². The average molecular weight is 268 g/mol. The second kappa shape index (κ2) is 6.03. The van der Waals surface area contributed by atoms with Crippen LogP contribution in [0, 0.1) is 11.3 Å². The van der Waals surface area contributed by atoms with Crippen molar-refractivity contribution >= 4 is 23.4 Å². The fourth-order valence-corrected chi connectivity index (χ4v) is 1.60. The minimum atomic E-state index is -1.30. The monoisotopic (exact) mass is 267 g/mol. The standard InChI is InChI=1S/C12H10ClNO4/c1-17-10-4-3-7(13)5-8(10)9(6-14)11(15)12(16)18-2/h3-5,9H,1-2H3. The van der Waals surface area contributed by atoms with E-state index in [1.54, 1.807) is 12.1 Å². The van der Waals surface area contributed by atoms with Gasteiger partial charge in [-0.25, -0.2) is 4.79 Å². The van der Waals surface area contributed by atoms with Gasteiger partial charge in [0, 0.05) is 10.6 Å². The number of halogens is 1. The van der Waals surface area contributed by atoms with Crippen LogP contribution in [0.2, 0.25) is 5.02 Å². The van der Waals surface area contributed by atoms with Crippen LogP contribution in [-0.4, -0.2) is 26.0 Å². The summed E-state index contributed by atoms with van der Waals surface area (Å²) in [7, 11) is 2.47. The molecular formula is C12H10ClNO4. The number of rotatable bonds is 4. The third kappa shape index (κ3) is 2.79. The van der Waals surface area contributed by atoms with Crippen LogP contribution in [0.15, 0.2) is 18.2 Å². The number of benzene rings is 1. The first kappa shape index (κ1) is 14.0. The lowest BCUT2D eigenvalue weighted by Gasteiger charge is -2.12. The Morgan fingerprint density at radius 3 is 2.56 bits per heavy atom. The highest BCUT2D eigenvalue weighted by Gasteiger charge is 2.30. The van der Waals surface area contributed by atoms with E-state index in [1.165, 1.54) is 19.2 Å². The Hall–Kier alpha value is -2.06. The predicted octanol–water partition coefficient (Wildman–Crippen LogP) is 1.70. The fourth-order valence-electron chi connectivity index (χ4n) is 1.42. The van der Waals surface area contributed by atoms with Crippen molar-refractivity contribution < 1.29 is 19.1 Å². The van der Waals surface area contributed by atoms with Crippen molar-refractivity contribution in [1.82, 2.24) is 0 Å². The Labute approximate surface area is 109 Å². The lowest BCUT2D eigenvalue weighted by Crippen LogP contribution is -2.23. The number of carbonyl (C=O) groups is 2. The van der Waals surface area contributed by atoms with Crippen LogP contribution in [0.4, 0.5) is 0 Å². The molecule has 1 atom stereocenters. The first-order valence-electron chi connectivity index (χ1n) is 4.90. The molecule has 0 radical (unpaired) electrons. The summed E-state index contributed by atoms with van der Waals surface area (Å²) in [6, 6.07) is 6.23. The first-order chi connectivity index (χ1) is 8.54. The summed E-state index contributed by atoms with van der Waals surface area (Å²) in [4.78, 5) is 22.9. The summed E-state index contributed by atoms with van der Waals surface area (Å²) in [5.41, 5.74) is 0.239. The molecule has 0 heterocycles. The highest BCUT2D eigenvalue weighted by atomic mass is 35.5. The number of nitriles is 1. The normalized spacial score (nSPS) is 11.2. The Balaban J connectivity index is 3.25. The number of carbonyl (C=O) groups excluding carboxylic acids is 2. The maximum atomic E-state index is 11.7. The summed E-state index contributed by atoms with van der Waals surface area (Å²) in [5, 5.41) is 9.36. The molecule has 1 unspecified atom stereocenters. The van der Waals surface area contributed by atoms with E-state index >= 15 is 0 Å². The minimum absolute atomic E-state index is 0.239. The Kier molecular flexibility index (Phi) is 4.69. The summed E-state index contributed by atoms with van der Waals surface area (Å²) in [5.74, 6) is -3.03. The molecule has 0 aliphatic rings. The largest absolute Gasteiger partial charge is 0.496 e. The summed E-state index contributed by atoms with van der Waals surface area (Å²) in [6.45, 7) is 0. The van der Waals surface area contributed by atoms with Crippen LogP contribution in [0.1, 0.15) is 11.5 Å². The SMILES string of the molecule is COC(=O)C(=O)C(C#N)c1cc(Cl)ccc1OC. The molecule has 0 aliphatic carbocycles. The van der Waals surface area contributed by atoms with E-state index in [-0.39, 0.29) is 5.56 Å². The number of hydrogen-bond donors (Lipinski definition) is 0. The van der Waals surface area contributed by atoms with Crippen molar-refractivity contribution in [2.45, 2.75) is 5.92 Å². The smallest absolute Gasteiger partial charge is 0.376 e. The van der Waals surface area contributed by atoms with Gasteiger partial charge in [-0.2, -0.15) is 5.26 Å². The van der Waals surface area contributed by atoms with Gasteiger partial charge in [-0.05, 0) is 18.2 Å². The van der Waals surface area contributed by atoms with E-state index in [0.717, 1.165) is 7.11 Å². The van der Waals surface area contributed by atoms with Crippen LogP contribution in [0.3, 0.4) is 0 Å². The van der Waals surface area contributed by atoms with Crippen molar-refractivity contribution in [2.75, 3.05) is 14.2 Å². The Morgan fingerprint density at radius 2 is 2.06 bits per heavy atom. The van der Waals surface area contributed by atoms with Gasteiger partial charge >= 0.3 is 5.97 Å². The van der Waals surface area contributed by atoms with Gasteiger partial charge < -0.3 is 9.47 Å². The van der Waals surface area contributed by atoms with Crippen LogP contribution in [-0.2, 0) is 14.3 Å². The zero-order valence-electron chi connectivity index (χ0n) is 9.77. The summed E-state index contributed by atoms with van der Waals surface area (Å²) in [6.07, 6.45) is 0. The number of Topliss-reactive ketones (excluding diaryl/α,β-unsaturated/α-hetero) is 1. The van der Waals surface area contributed by atoms with Crippen molar-refractivity contribution in [3.63, 3.8) is 0 Å². The number of nitrogens with zero attached hydrogens (tertiary/aromatic N) is 1.